The average Bonchev–Trinajstić information content (AvgIpc) is 3.17. The summed E-state index contributed by atoms with van der Waals surface area (Å²) < 4.78 is 4.98. The lowest BCUT2D eigenvalue weighted by atomic mass is 9.71. The molecule has 2 fully saturated rings. The molecule has 0 atom stereocenters. The second kappa shape index (κ2) is 8.04. The van der Waals surface area contributed by atoms with Crippen molar-refractivity contribution in [3.63, 3.8) is 0 Å². The topological polar surface area (TPSA) is 88.6 Å². The Hall–Kier alpha value is -1.82. The van der Waals surface area contributed by atoms with Crippen LogP contribution in [0.4, 0.5) is 0 Å². The molecule has 2 amide bonds. The molecule has 0 aromatic carbocycles. The Balaban J connectivity index is 1.45. The highest BCUT2D eigenvalue weighted by molar-refractivity contribution is 5.93. The maximum atomic E-state index is 12.5. The zero-order valence-electron chi connectivity index (χ0n) is 14.8. The molecule has 1 aliphatic heterocycles. The lowest BCUT2D eigenvalue weighted by Crippen LogP contribution is -2.48. The number of hydrogen-bond acceptors (Lipinski definition) is 4. The van der Waals surface area contributed by atoms with Crippen molar-refractivity contribution in [3.05, 3.63) is 24.2 Å². The molecule has 1 aliphatic carbocycles. The molecule has 0 spiro atoms. The summed E-state index contributed by atoms with van der Waals surface area (Å²) in [5, 5.41) is 3.17. The van der Waals surface area contributed by atoms with E-state index in [-0.39, 0.29) is 23.3 Å². The fraction of sp³-hybridized carbons (Fsp3) is 0.684. The van der Waals surface area contributed by atoms with Crippen molar-refractivity contribution in [2.24, 2.45) is 11.1 Å². The van der Waals surface area contributed by atoms with E-state index in [2.05, 4.69) is 5.32 Å². The highest BCUT2D eigenvalue weighted by atomic mass is 16.3. The van der Waals surface area contributed by atoms with Gasteiger partial charge in [-0.1, -0.05) is 19.3 Å². The molecule has 25 heavy (non-hydrogen) atoms. The summed E-state index contributed by atoms with van der Waals surface area (Å²) in [5.41, 5.74) is 6.57. The lowest BCUT2D eigenvalue weighted by molar-refractivity contribution is -0.124. The van der Waals surface area contributed by atoms with Crippen LogP contribution >= 0.6 is 0 Å². The predicted molar refractivity (Wildman–Crippen MR) is 95.0 cm³/mol. The number of piperidine rings is 1. The first-order valence-electron chi connectivity index (χ1n) is 9.43. The highest BCUT2D eigenvalue weighted by Crippen LogP contribution is 2.38. The van der Waals surface area contributed by atoms with Gasteiger partial charge in [0.25, 0.3) is 5.91 Å². The Kier molecular flexibility index (Phi) is 5.78. The average molecular weight is 347 g/mol. The Labute approximate surface area is 149 Å². The van der Waals surface area contributed by atoms with Crippen LogP contribution in [0.2, 0.25) is 0 Å². The SMILES string of the molecule is NCC1(CC(=O)NC2CCN(C(=O)c3ccoc3)CC2)CCCCC1. The van der Waals surface area contributed by atoms with Gasteiger partial charge < -0.3 is 20.4 Å². The molecule has 1 saturated carbocycles. The zero-order valence-corrected chi connectivity index (χ0v) is 14.8. The van der Waals surface area contributed by atoms with E-state index >= 15 is 0 Å². The molecule has 138 valence electrons. The van der Waals surface area contributed by atoms with Crippen molar-refractivity contribution >= 4 is 11.8 Å². The molecule has 6 heteroatoms. The first kappa shape index (κ1) is 18.0. The molecule has 6 nitrogen and oxygen atoms in total. The van der Waals surface area contributed by atoms with Crippen LogP contribution in [0.15, 0.2) is 23.0 Å². The van der Waals surface area contributed by atoms with Gasteiger partial charge in [-0.25, -0.2) is 0 Å². The second-order valence-electron chi connectivity index (χ2n) is 7.59. The van der Waals surface area contributed by atoms with Crippen molar-refractivity contribution in [1.82, 2.24) is 10.2 Å². The quantitative estimate of drug-likeness (QED) is 0.855. The van der Waals surface area contributed by atoms with E-state index in [0.29, 0.717) is 31.6 Å². The third-order valence-corrected chi connectivity index (χ3v) is 5.80. The summed E-state index contributed by atoms with van der Waals surface area (Å²) >= 11 is 0. The van der Waals surface area contributed by atoms with Crippen LogP contribution in [0.25, 0.3) is 0 Å². The number of hydrogen-bond donors (Lipinski definition) is 2. The number of nitrogens with two attached hydrogens (primary N) is 1. The van der Waals surface area contributed by atoms with Gasteiger partial charge in [-0.2, -0.15) is 0 Å². The molecular weight excluding hydrogens is 318 g/mol. The standard InChI is InChI=1S/C19H29N3O3/c20-14-19(7-2-1-3-8-19)12-17(23)21-16-4-9-22(10-5-16)18(24)15-6-11-25-13-15/h6,11,13,16H,1-5,7-10,12,14,20H2,(H,21,23). The summed E-state index contributed by atoms with van der Waals surface area (Å²) in [4.78, 5) is 26.6. The largest absolute Gasteiger partial charge is 0.472 e. The minimum Gasteiger partial charge on any atom is -0.472 e. The molecule has 1 aromatic rings. The molecule has 0 unspecified atom stereocenters. The van der Waals surface area contributed by atoms with Crippen molar-refractivity contribution in [3.8, 4) is 0 Å². The third-order valence-electron chi connectivity index (χ3n) is 5.80. The number of likely N-dealkylation sites (tertiary alicyclic amines) is 1. The van der Waals surface area contributed by atoms with Crippen molar-refractivity contribution in [2.75, 3.05) is 19.6 Å². The van der Waals surface area contributed by atoms with E-state index in [9.17, 15) is 9.59 Å². The van der Waals surface area contributed by atoms with Crippen LogP contribution in [-0.4, -0.2) is 42.4 Å². The van der Waals surface area contributed by atoms with E-state index in [0.717, 1.165) is 25.7 Å². The monoisotopic (exact) mass is 347 g/mol. The van der Waals surface area contributed by atoms with E-state index in [4.69, 9.17) is 10.2 Å². The lowest BCUT2D eigenvalue weighted by Gasteiger charge is -2.37. The van der Waals surface area contributed by atoms with Gasteiger partial charge in [0.05, 0.1) is 11.8 Å². The van der Waals surface area contributed by atoms with Gasteiger partial charge in [0.15, 0.2) is 0 Å². The maximum absolute atomic E-state index is 12.5. The second-order valence-corrected chi connectivity index (χ2v) is 7.59. The van der Waals surface area contributed by atoms with Crippen LogP contribution in [-0.2, 0) is 4.79 Å². The molecule has 1 saturated heterocycles. The van der Waals surface area contributed by atoms with Gasteiger partial charge in [0, 0.05) is 25.6 Å². The zero-order chi connectivity index (χ0) is 17.7. The van der Waals surface area contributed by atoms with Gasteiger partial charge in [-0.3, -0.25) is 9.59 Å². The third kappa shape index (κ3) is 4.42. The number of nitrogens with zero attached hydrogens (tertiary/aromatic N) is 1. The molecule has 0 radical (unpaired) electrons. The summed E-state index contributed by atoms with van der Waals surface area (Å²) in [5.74, 6) is 0.120. The predicted octanol–water partition coefficient (Wildman–Crippen LogP) is 2.30. The Morgan fingerprint density at radius 1 is 1.24 bits per heavy atom. The van der Waals surface area contributed by atoms with Gasteiger partial charge in [-0.15, -0.1) is 0 Å². The Morgan fingerprint density at radius 2 is 1.96 bits per heavy atom. The normalized spacial score (nSPS) is 21.1. The van der Waals surface area contributed by atoms with Crippen LogP contribution in [0.3, 0.4) is 0 Å². The van der Waals surface area contributed by atoms with Crippen molar-refractivity contribution in [2.45, 2.75) is 57.4 Å². The van der Waals surface area contributed by atoms with Crippen molar-refractivity contribution in [1.29, 1.82) is 0 Å². The summed E-state index contributed by atoms with van der Waals surface area (Å²) in [6, 6.07) is 1.84. The number of carbonyl (C=O) groups is 2. The molecule has 1 aromatic heterocycles. The molecule has 2 aliphatic rings. The number of nitrogens with one attached hydrogen (secondary N) is 1. The van der Waals surface area contributed by atoms with Crippen molar-refractivity contribution < 1.29 is 14.0 Å². The first-order valence-corrected chi connectivity index (χ1v) is 9.43. The van der Waals surface area contributed by atoms with Gasteiger partial charge in [-0.05, 0) is 43.7 Å². The summed E-state index contributed by atoms with van der Waals surface area (Å²) in [6.07, 6.45) is 10.9. The number of carbonyl (C=O) groups excluding carboxylic acids is 2. The fourth-order valence-electron chi connectivity index (χ4n) is 4.17. The number of amides is 2. The van der Waals surface area contributed by atoms with Crippen LogP contribution in [0.1, 0.15) is 61.7 Å². The molecule has 3 N–H and O–H groups in total. The van der Waals surface area contributed by atoms with E-state index in [1.54, 1.807) is 6.07 Å². The summed E-state index contributed by atoms with van der Waals surface area (Å²) in [6.45, 7) is 1.92. The molecule has 0 bridgehead atoms. The molecule has 3 rings (SSSR count). The Bertz CT molecular complexity index is 571. The Morgan fingerprint density at radius 3 is 2.56 bits per heavy atom. The summed E-state index contributed by atoms with van der Waals surface area (Å²) in [7, 11) is 0. The van der Waals surface area contributed by atoms with Crippen LogP contribution < -0.4 is 11.1 Å². The van der Waals surface area contributed by atoms with Gasteiger partial charge in [0.1, 0.15) is 6.26 Å². The van der Waals surface area contributed by atoms with Gasteiger partial charge in [0.2, 0.25) is 5.91 Å². The number of furan rings is 1. The van der Waals surface area contributed by atoms with E-state index in [1.165, 1.54) is 31.8 Å². The van der Waals surface area contributed by atoms with Crippen LogP contribution in [0.5, 0.6) is 0 Å². The highest BCUT2D eigenvalue weighted by Gasteiger charge is 2.34. The first-order chi connectivity index (χ1) is 12.1. The fourth-order valence-corrected chi connectivity index (χ4v) is 4.17. The molecule has 2 heterocycles. The minimum absolute atomic E-state index is 0.000282. The van der Waals surface area contributed by atoms with Crippen LogP contribution in [0, 0.1) is 5.41 Å². The number of rotatable bonds is 5. The van der Waals surface area contributed by atoms with E-state index in [1.807, 2.05) is 4.90 Å². The maximum Gasteiger partial charge on any atom is 0.257 e. The minimum atomic E-state index is 0.000282. The molecular formula is C19H29N3O3. The van der Waals surface area contributed by atoms with Gasteiger partial charge >= 0.3 is 0 Å². The smallest absolute Gasteiger partial charge is 0.257 e. The van der Waals surface area contributed by atoms with E-state index < -0.39 is 0 Å².